The Bertz CT molecular complexity index is 3130. The van der Waals surface area contributed by atoms with E-state index in [-0.39, 0.29) is 47.2 Å². The minimum atomic E-state index is -4.43. The van der Waals surface area contributed by atoms with Gasteiger partial charge in [0.1, 0.15) is 12.7 Å². The molecule has 3 aliphatic rings. The van der Waals surface area contributed by atoms with Crippen molar-refractivity contribution in [1.29, 1.82) is 0 Å². The molecule has 0 unspecified atom stereocenters. The van der Waals surface area contributed by atoms with E-state index >= 15 is 0 Å². The molecule has 16 nitrogen and oxygen atoms in total. The SMILES string of the molecule is CCN1/C(=C/C=C/C=C/C=C/C2=[N+](CCCCCC(=O)NNCCC(=O)Nc3ccc4c(c3)[C@@H](Nc3cccc(Br)c3)N=CN4)c3ccc(S(=O)(=O)O)cc3C2(C)C)C(C)(C)c2cc(S(=O)(=O)O)ccc21. The zero-order valence-corrected chi connectivity index (χ0v) is 43.5. The number of carbonyl (C=O) groups is 2. The molecular formula is C52H60BrN8O8S2+. The maximum atomic E-state index is 12.8. The molecule has 0 bridgehead atoms. The fraction of sp³-hybridized carbons (Fsp3) is 0.308. The van der Waals surface area contributed by atoms with Crippen molar-refractivity contribution < 1.29 is 40.1 Å². The van der Waals surface area contributed by atoms with E-state index in [1.807, 2.05) is 120 Å². The number of carbonyl (C=O) groups excluding carboxylic acids is 2. The number of nitrogens with one attached hydrogen (secondary N) is 5. The third-order valence-corrected chi connectivity index (χ3v) is 15.0. The highest BCUT2D eigenvalue weighted by atomic mass is 79.9. The van der Waals surface area contributed by atoms with E-state index in [0.717, 1.165) is 68.2 Å². The zero-order valence-electron chi connectivity index (χ0n) is 40.2. The number of unbranched alkanes of at least 4 members (excludes halogenated alkanes) is 2. The molecule has 4 aromatic carbocycles. The first kappa shape index (κ1) is 52.6. The lowest BCUT2D eigenvalue weighted by atomic mass is 9.81. The predicted octanol–water partition coefficient (Wildman–Crippen LogP) is 9.46. The first-order valence-corrected chi connectivity index (χ1v) is 27.0. The molecule has 0 aromatic heterocycles. The fourth-order valence-corrected chi connectivity index (χ4v) is 10.6. The van der Waals surface area contributed by atoms with E-state index in [1.165, 1.54) is 24.3 Å². The number of likely N-dealkylation sites (N-methyl/N-ethyl adjacent to an activating group) is 1. The molecule has 3 heterocycles. The van der Waals surface area contributed by atoms with Crippen molar-refractivity contribution in [2.75, 3.05) is 40.5 Å². The number of benzene rings is 4. The minimum Gasteiger partial charge on any atom is -0.360 e. The molecular weight excluding hydrogens is 1010 g/mol. The molecule has 0 spiro atoms. The van der Waals surface area contributed by atoms with Crippen LogP contribution in [0.2, 0.25) is 0 Å². The molecule has 7 rings (SSSR count). The second-order valence-corrected chi connectivity index (χ2v) is 22.1. The smallest absolute Gasteiger partial charge is 0.294 e. The number of nitrogens with zero attached hydrogens (tertiary/aromatic N) is 3. The van der Waals surface area contributed by atoms with Gasteiger partial charge in [-0.15, -0.1) is 0 Å². The summed E-state index contributed by atoms with van der Waals surface area (Å²) < 4.78 is 70.7. The average molecular weight is 1070 g/mol. The predicted molar refractivity (Wildman–Crippen MR) is 284 cm³/mol. The lowest BCUT2D eigenvalue weighted by Crippen LogP contribution is -2.38. The lowest BCUT2D eigenvalue weighted by molar-refractivity contribution is -0.438. The maximum absolute atomic E-state index is 12.8. The van der Waals surface area contributed by atoms with Gasteiger partial charge in [-0.2, -0.15) is 21.4 Å². The van der Waals surface area contributed by atoms with E-state index in [4.69, 9.17) is 0 Å². The van der Waals surface area contributed by atoms with Gasteiger partial charge in [-0.05, 0) is 112 Å². The summed E-state index contributed by atoms with van der Waals surface area (Å²) in [7, 11) is -8.78. The number of hydrogen-bond donors (Lipinski definition) is 7. The number of anilines is 4. The van der Waals surface area contributed by atoms with Crippen molar-refractivity contribution in [3.05, 3.63) is 148 Å². The highest BCUT2D eigenvalue weighted by molar-refractivity contribution is 9.10. The third kappa shape index (κ3) is 12.5. The first-order chi connectivity index (χ1) is 33.7. The number of hydrogen-bond acceptors (Lipinski definition) is 11. The Morgan fingerprint density at radius 1 is 0.803 bits per heavy atom. The molecule has 0 radical (unpaired) electrons. The second-order valence-electron chi connectivity index (χ2n) is 18.4. The van der Waals surface area contributed by atoms with Gasteiger partial charge in [-0.1, -0.05) is 66.2 Å². The molecule has 19 heteroatoms. The molecule has 0 saturated heterocycles. The molecule has 0 fully saturated rings. The summed E-state index contributed by atoms with van der Waals surface area (Å²) in [6.45, 7) is 11.6. The van der Waals surface area contributed by atoms with Crippen molar-refractivity contribution in [3.63, 3.8) is 0 Å². The molecule has 0 saturated carbocycles. The zero-order chi connectivity index (χ0) is 51.1. The van der Waals surface area contributed by atoms with E-state index in [9.17, 15) is 35.5 Å². The number of aliphatic imine (C=N–C) groups is 1. The second kappa shape index (κ2) is 22.0. The monoisotopic (exact) mass is 1070 g/mol. The van der Waals surface area contributed by atoms with Crippen LogP contribution >= 0.6 is 15.9 Å². The Balaban J connectivity index is 0.905. The summed E-state index contributed by atoms with van der Waals surface area (Å²) in [4.78, 5) is 31.9. The number of allylic oxidation sites excluding steroid dienone is 8. The van der Waals surface area contributed by atoms with Crippen LogP contribution in [-0.4, -0.2) is 74.0 Å². The average Bonchev–Trinajstić information content (AvgIpc) is 3.66. The van der Waals surface area contributed by atoms with Gasteiger partial charge in [-0.25, -0.2) is 10.4 Å². The summed E-state index contributed by atoms with van der Waals surface area (Å²) >= 11 is 3.50. The van der Waals surface area contributed by atoms with E-state index in [0.29, 0.717) is 25.2 Å². The summed E-state index contributed by atoms with van der Waals surface area (Å²) in [6.07, 6.45) is 17.3. The van der Waals surface area contributed by atoms with Crippen LogP contribution in [0.5, 0.6) is 0 Å². The maximum Gasteiger partial charge on any atom is 0.294 e. The van der Waals surface area contributed by atoms with Crippen LogP contribution < -0.4 is 31.7 Å². The van der Waals surface area contributed by atoms with Crippen LogP contribution in [-0.2, 0) is 40.7 Å². The molecule has 1 atom stereocenters. The van der Waals surface area contributed by atoms with E-state index in [2.05, 4.69) is 57.2 Å². The van der Waals surface area contributed by atoms with Crippen LogP contribution in [0, 0.1) is 0 Å². The van der Waals surface area contributed by atoms with Gasteiger partial charge in [-0.3, -0.25) is 24.1 Å². The first-order valence-electron chi connectivity index (χ1n) is 23.3. The van der Waals surface area contributed by atoms with Gasteiger partial charge in [0.25, 0.3) is 20.2 Å². The van der Waals surface area contributed by atoms with E-state index < -0.39 is 31.1 Å². The summed E-state index contributed by atoms with van der Waals surface area (Å²) in [6, 6.07) is 22.7. The molecule has 0 aliphatic carbocycles. The van der Waals surface area contributed by atoms with Crippen molar-refractivity contribution in [1.82, 2.24) is 10.9 Å². The van der Waals surface area contributed by atoms with Gasteiger partial charge in [0.2, 0.25) is 17.5 Å². The van der Waals surface area contributed by atoms with E-state index in [1.54, 1.807) is 18.5 Å². The highest BCUT2D eigenvalue weighted by Crippen LogP contribution is 2.48. The number of halogens is 1. The summed E-state index contributed by atoms with van der Waals surface area (Å²) in [5.41, 5.74) is 12.9. The van der Waals surface area contributed by atoms with Gasteiger partial charge in [0.05, 0.1) is 21.5 Å². The van der Waals surface area contributed by atoms with Crippen LogP contribution in [0.3, 0.4) is 0 Å². The van der Waals surface area contributed by atoms with Crippen molar-refractivity contribution in [3.8, 4) is 0 Å². The standard InChI is InChI=1S/C52H59BrN8O8S2/c1-6-60-44-25-22-38(70(64,65)66)32-41(44)51(2,3)46(60)18-11-8-7-9-12-19-47-52(4,5)42-33-39(71(67,68)69)23-26-45(42)61(47)29-14-10-13-20-49(63)59-56-28-27-48(62)57-37-21-24-43-40(31-37)50(55-34-54-43)58-36-17-15-16-35(53)30-36/h7-9,11-12,15-19,21-26,30-34,50,56,58H,6,10,13-14,20,27-29H2,1-5H3,(H4-,54,55,57,59,62,63,64,65,66,67,68,69)/p+1/t50-/m1/s1. The Hall–Kier alpha value is -6.22. The fourth-order valence-electron chi connectivity index (χ4n) is 9.16. The Kier molecular flexibility index (Phi) is 16.3. The quantitative estimate of drug-likeness (QED) is 0.0145. The highest BCUT2D eigenvalue weighted by Gasteiger charge is 2.45. The summed E-state index contributed by atoms with van der Waals surface area (Å²) in [5, 5.41) is 9.48. The van der Waals surface area contributed by atoms with Crippen molar-refractivity contribution in [2.24, 2.45) is 4.99 Å². The molecule has 71 heavy (non-hydrogen) atoms. The number of rotatable bonds is 20. The van der Waals surface area contributed by atoms with Crippen molar-refractivity contribution >= 4 is 88.5 Å². The topological polar surface area (TPSA) is 222 Å². The van der Waals surface area contributed by atoms with Gasteiger partial charge in [0.15, 0.2) is 5.71 Å². The normalized spacial score (nSPS) is 17.5. The Morgan fingerprint density at radius 3 is 2.25 bits per heavy atom. The summed E-state index contributed by atoms with van der Waals surface area (Å²) in [5.74, 6) is -0.407. The Morgan fingerprint density at radius 2 is 1.52 bits per heavy atom. The molecule has 374 valence electrons. The van der Waals surface area contributed by atoms with Crippen LogP contribution in [0.1, 0.15) is 89.6 Å². The molecule has 2 amide bonds. The lowest BCUT2D eigenvalue weighted by Gasteiger charge is -2.25. The number of hydrazine groups is 1. The van der Waals surface area contributed by atoms with Gasteiger partial charge in [0, 0.05) is 94.0 Å². The largest absolute Gasteiger partial charge is 0.360 e. The molecule has 3 aliphatic heterocycles. The number of fused-ring (bicyclic) bond motifs is 3. The molecule has 4 aromatic rings. The van der Waals surface area contributed by atoms with Crippen LogP contribution in [0.4, 0.5) is 28.4 Å². The number of amides is 2. The van der Waals surface area contributed by atoms with Crippen LogP contribution in [0.15, 0.2) is 146 Å². The Labute approximate surface area is 424 Å². The molecule has 7 N–H and O–H groups in total. The van der Waals surface area contributed by atoms with Crippen LogP contribution in [0.25, 0.3) is 0 Å². The van der Waals surface area contributed by atoms with Gasteiger partial charge >= 0.3 is 0 Å². The van der Waals surface area contributed by atoms with Crippen molar-refractivity contribution in [2.45, 2.75) is 93.5 Å². The van der Waals surface area contributed by atoms with Gasteiger partial charge < -0.3 is 20.9 Å². The third-order valence-electron chi connectivity index (χ3n) is 12.8. The minimum absolute atomic E-state index is 0.128.